The Bertz CT molecular complexity index is 815. The van der Waals surface area contributed by atoms with E-state index < -0.39 is 0 Å². The van der Waals surface area contributed by atoms with E-state index in [4.69, 9.17) is 0 Å². The maximum atomic E-state index is 12.9. The molecular formula is C21H32N6O. The Morgan fingerprint density at radius 1 is 1.14 bits per heavy atom. The zero-order valence-corrected chi connectivity index (χ0v) is 17.7. The highest BCUT2D eigenvalue weighted by molar-refractivity contribution is 5.79. The normalized spacial score (nSPS) is 15.2. The molecule has 28 heavy (non-hydrogen) atoms. The van der Waals surface area contributed by atoms with Crippen LogP contribution in [0.2, 0.25) is 0 Å². The third kappa shape index (κ3) is 4.58. The van der Waals surface area contributed by atoms with E-state index in [1.165, 1.54) is 6.42 Å². The van der Waals surface area contributed by atoms with Crippen LogP contribution in [0.25, 0.3) is 5.95 Å². The van der Waals surface area contributed by atoms with Gasteiger partial charge >= 0.3 is 0 Å². The second-order valence-corrected chi connectivity index (χ2v) is 7.91. The summed E-state index contributed by atoms with van der Waals surface area (Å²) in [5.41, 5.74) is 4.63. The lowest BCUT2D eigenvalue weighted by atomic mass is 9.93. The van der Waals surface area contributed by atoms with Gasteiger partial charge in [-0.2, -0.15) is 5.10 Å². The molecule has 3 rings (SSSR count). The predicted molar refractivity (Wildman–Crippen MR) is 110 cm³/mol. The lowest BCUT2D eigenvalue weighted by Crippen LogP contribution is -2.39. The van der Waals surface area contributed by atoms with Gasteiger partial charge < -0.3 is 10.2 Å². The van der Waals surface area contributed by atoms with Crippen LogP contribution in [0.3, 0.4) is 0 Å². The number of hydrogen-bond acceptors (Lipinski definition) is 5. The van der Waals surface area contributed by atoms with Crippen molar-refractivity contribution in [1.82, 2.24) is 30.0 Å². The number of aryl methyl sites for hydroxylation is 3. The lowest BCUT2D eigenvalue weighted by molar-refractivity contribution is -0.131. The van der Waals surface area contributed by atoms with Crippen LogP contribution in [-0.4, -0.2) is 57.2 Å². The average Bonchev–Trinajstić information content (AvgIpc) is 2.94. The first-order valence-electron chi connectivity index (χ1n) is 10.2. The van der Waals surface area contributed by atoms with Crippen LogP contribution in [0.5, 0.6) is 0 Å². The quantitative estimate of drug-likeness (QED) is 0.827. The molecule has 1 amide bonds. The largest absolute Gasteiger partial charge is 0.342 e. The highest BCUT2D eigenvalue weighted by Gasteiger charge is 2.25. The second kappa shape index (κ2) is 8.82. The standard InChI is InChI=1S/C21H32N6O/c1-14-12-15(2)24-21(23-14)27-17(4)19(16(3)25-27)13-20(28)26-10-7-18(8-11-26)6-9-22-5/h12,18,22H,6-11,13H2,1-5H3. The molecule has 0 unspecified atom stereocenters. The Balaban J connectivity index is 1.70. The molecule has 0 aliphatic carbocycles. The van der Waals surface area contributed by atoms with Crippen molar-refractivity contribution >= 4 is 5.91 Å². The molecule has 1 N–H and O–H groups in total. The van der Waals surface area contributed by atoms with Crippen molar-refractivity contribution in [2.75, 3.05) is 26.7 Å². The summed E-state index contributed by atoms with van der Waals surface area (Å²) in [4.78, 5) is 23.9. The maximum Gasteiger partial charge on any atom is 0.251 e. The minimum Gasteiger partial charge on any atom is -0.342 e. The fraction of sp³-hybridized carbons (Fsp3) is 0.619. The lowest BCUT2D eigenvalue weighted by Gasteiger charge is -2.32. The van der Waals surface area contributed by atoms with Crippen molar-refractivity contribution in [3.63, 3.8) is 0 Å². The van der Waals surface area contributed by atoms with E-state index in [-0.39, 0.29) is 5.91 Å². The van der Waals surface area contributed by atoms with Crippen molar-refractivity contribution in [2.24, 2.45) is 5.92 Å². The van der Waals surface area contributed by atoms with E-state index in [0.717, 1.165) is 66.7 Å². The number of nitrogens with zero attached hydrogens (tertiary/aromatic N) is 5. The number of rotatable bonds is 6. The Morgan fingerprint density at radius 3 is 2.39 bits per heavy atom. The molecule has 0 saturated carbocycles. The van der Waals surface area contributed by atoms with E-state index in [1.807, 2.05) is 45.7 Å². The van der Waals surface area contributed by atoms with Crippen molar-refractivity contribution in [1.29, 1.82) is 0 Å². The Hall–Kier alpha value is -2.28. The molecule has 7 nitrogen and oxygen atoms in total. The van der Waals surface area contributed by atoms with E-state index in [9.17, 15) is 4.79 Å². The third-order valence-corrected chi connectivity index (χ3v) is 5.70. The molecule has 2 aromatic heterocycles. The number of aromatic nitrogens is 4. The Morgan fingerprint density at radius 2 is 1.79 bits per heavy atom. The van der Waals surface area contributed by atoms with E-state index in [2.05, 4.69) is 20.4 Å². The van der Waals surface area contributed by atoms with Crippen LogP contribution < -0.4 is 5.32 Å². The summed E-state index contributed by atoms with van der Waals surface area (Å²) in [6.07, 6.45) is 3.78. The highest BCUT2D eigenvalue weighted by Crippen LogP contribution is 2.22. The molecule has 0 bridgehead atoms. The minimum atomic E-state index is 0.194. The number of carbonyl (C=O) groups excluding carboxylic acids is 1. The molecule has 0 spiro atoms. The number of nitrogens with one attached hydrogen (secondary N) is 1. The molecule has 2 aromatic rings. The molecule has 1 aliphatic heterocycles. The summed E-state index contributed by atoms with van der Waals surface area (Å²) >= 11 is 0. The van der Waals surface area contributed by atoms with Crippen LogP contribution in [0, 0.1) is 33.6 Å². The second-order valence-electron chi connectivity index (χ2n) is 7.91. The van der Waals surface area contributed by atoms with Crippen molar-refractivity contribution in [2.45, 2.75) is 53.4 Å². The van der Waals surface area contributed by atoms with Gasteiger partial charge in [0.25, 0.3) is 5.95 Å². The van der Waals surface area contributed by atoms with E-state index in [0.29, 0.717) is 12.4 Å². The number of hydrogen-bond donors (Lipinski definition) is 1. The topological polar surface area (TPSA) is 75.9 Å². The molecule has 0 atom stereocenters. The van der Waals surface area contributed by atoms with E-state index in [1.54, 1.807) is 4.68 Å². The Labute approximate surface area is 167 Å². The average molecular weight is 385 g/mol. The van der Waals surface area contributed by atoms with Gasteiger partial charge in [0, 0.05) is 35.7 Å². The summed E-state index contributed by atoms with van der Waals surface area (Å²) in [7, 11) is 1.99. The van der Waals surface area contributed by atoms with Gasteiger partial charge in [0.2, 0.25) is 5.91 Å². The first-order valence-corrected chi connectivity index (χ1v) is 10.2. The molecule has 1 aliphatic rings. The van der Waals surface area contributed by atoms with Gasteiger partial charge in [-0.05, 0) is 72.5 Å². The fourth-order valence-corrected chi connectivity index (χ4v) is 4.01. The van der Waals surface area contributed by atoms with Crippen LogP contribution in [0.4, 0.5) is 0 Å². The number of carbonyl (C=O) groups is 1. The molecule has 1 fully saturated rings. The first kappa shape index (κ1) is 20.5. The SMILES string of the molecule is CNCCC1CCN(C(=O)Cc2c(C)nn(-c3nc(C)cc(C)n3)c2C)CC1. The van der Waals surface area contributed by atoms with Gasteiger partial charge in [0.1, 0.15) is 0 Å². The summed E-state index contributed by atoms with van der Waals surface area (Å²) in [5.74, 6) is 1.49. The molecule has 1 saturated heterocycles. The summed E-state index contributed by atoms with van der Waals surface area (Å²) in [6, 6.07) is 1.94. The van der Waals surface area contributed by atoms with Gasteiger partial charge in [0.05, 0.1) is 12.1 Å². The minimum absolute atomic E-state index is 0.194. The summed E-state index contributed by atoms with van der Waals surface area (Å²) in [5, 5.41) is 7.84. The van der Waals surface area contributed by atoms with Crippen LogP contribution in [0.15, 0.2) is 6.07 Å². The molecular weight excluding hydrogens is 352 g/mol. The monoisotopic (exact) mass is 384 g/mol. The van der Waals surface area contributed by atoms with Crippen molar-refractivity contribution in [3.05, 3.63) is 34.4 Å². The summed E-state index contributed by atoms with van der Waals surface area (Å²) < 4.78 is 1.77. The first-order chi connectivity index (χ1) is 13.4. The molecule has 7 heteroatoms. The van der Waals surface area contributed by atoms with Gasteiger partial charge in [-0.15, -0.1) is 0 Å². The van der Waals surface area contributed by atoms with Crippen LogP contribution >= 0.6 is 0 Å². The van der Waals surface area contributed by atoms with Crippen molar-refractivity contribution in [3.8, 4) is 5.95 Å². The van der Waals surface area contributed by atoms with Gasteiger partial charge in [0.15, 0.2) is 0 Å². The number of piperidine rings is 1. The number of likely N-dealkylation sites (tertiary alicyclic amines) is 1. The highest BCUT2D eigenvalue weighted by atomic mass is 16.2. The van der Waals surface area contributed by atoms with E-state index >= 15 is 0 Å². The number of amides is 1. The molecule has 3 heterocycles. The maximum absolute atomic E-state index is 12.9. The third-order valence-electron chi connectivity index (χ3n) is 5.70. The molecule has 0 radical (unpaired) electrons. The summed E-state index contributed by atoms with van der Waals surface area (Å²) in [6.45, 7) is 10.6. The smallest absolute Gasteiger partial charge is 0.251 e. The zero-order valence-electron chi connectivity index (χ0n) is 17.7. The Kier molecular flexibility index (Phi) is 6.44. The van der Waals surface area contributed by atoms with Gasteiger partial charge in [-0.1, -0.05) is 0 Å². The van der Waals surface area contributed by atoms with Gasteiger partial charge in [-0.3, -0.25) is 4.79 Å². The van der Waals surface area contributed by atoms with Crippen LogP contribution in [0.1, 0.15) is 47.6 Å². The van der Waals surface area contributed by atoms with Gasteiger partial charge in [-0.25, -0.2) is 14.6 Å². The zero-order chi connectivity index (χ0) is 20.3. The molecule has 0 aromatic carbocycles. The molecule has 152 valence electrons. The van der Waals surface area contributed by atoms with Crippen molar-refractivity contribution < 1.29 is 4.79 Å². The predicted octanol–water partition coefficient (Wildman–Crippen LogP) is 2.29. The van der Waals surface area contributed by atoms with Crippen LogP contribution in [-0.2, 0) is 11.2 Å². The fourth-order valence-electron chi connectivity index (χ4n) is 4.01.